The third-order valence-electron chi connectivity index (χ3n) is 7.42. The number of amides is 1. The van der Waals surface area contributed by atoms with Crippen LogP contribution in [0.15, 0.2) is 36.7 Å². The normalized spacial score (nSPS) is 21.3. The van der Waals surface area contributed by atoms with Crippen LogP contribution in [0.4, 0.5) is 0 Å². The molecular weight excluding hydrogens is 386 g/mol. The van der Waals surface area contributed by atoms with Crippen LogP contribution in [0.3, 0.4) is 0 Å². The van der Waals surface area contributed by atoms with Gasteiger partial charge in [0.1, 0.15) is 12.2 Å². The highest BCUT2D eigenvalue weighted by Crippen LogP contribution is 2.49. The van der Waals surface area contributed by atoms with Gasteiger partial charge in [0, 0.05) is 43.4 Å². The molecule has 3 heterocycles. The van der Waals surface area contributed by atoms with Gasteiger partial charge in [0.25, 0.3) is 0 Å². The van der Waals surface area contributed by atoms with Crippen LogP contribution in [0.25, 0.3) is 0 Å². The molecule has 1 spiro atoms. The fraction of sp³-hybridized carbons (Fsp3) is 0.640. The third-order valence-corrected chi connectivity index (χ3v) is 7.42. The van der Waals surface area contributed by atoms with E-state index in [0.717, 1.165) is 64.2 Å². The first-order chi connectivity index (χ1) is 15.0. The van der Waals surface area contributed by atoms with Crippen LogP contribution < -0.4 is 0 Å². The molecule has 0 radical (unpaired) electrons. The third kappa shape index (κ3) is 4.69. The summed E-state index contributed by atoms with van der Waals surface area (Å²) in [6, 6.07) is 10.9. The Bertz CT molecular complexity index is 854. The second kappa shape index (κ2) is 9.51. The molecule has 0 aliphatic carbocycles. The lowest BCUT2D eigenvalue weighted by Gasteiger charge is -2.43. The molecule has 1 atom stereocenters. The zero-order chi connectivity index (χ0) is 21.8. The molecule has 2 fully saturated rings. The van der Waals surface area contributed by atoms with Crippen LogP contribution >= 0.6 is 0 Å². The van der Waals surface area contributed by atoms with E-state index in [9.17, 15) is 4.79 Å². The predicted molar refractivity (Wildman–Crippen MR) is 123 cm³/mol. The first-order valence-electron chi connectivity index (χ1n) is 12.0. The second-order valence-electron chi connectivity index (χ2n) is 9.69. The van der Waals surface area contributed by atoms with Gasteiger partial charge < -0.3 is 14.4 Å². The van der Waals surface area contributed by atoms with Gasteiger partial charge in [-0.25, -0.2) is 0 Å². The highest BCUT2D eigenvalue weighted by atomic mass is 16.2. The quantitative estimate of drug-likeness (QED) is 0.681. The molecule has 1 unspecified atom stereocenters. The van der Waals surface area contributed by atoms with E-state index < -0.39 is 0 Å². The Hall–Kier alpha value is -2.21. The van der Waals surface area contributed by atoms with Gasteiger partial charge in [-0.15, -0.1) is 10.2 Å². The average molecular weight is 424 g/mol. The van der Waals surface area contributed by atoms with Gasteiger partial charge >= 0.3 is 0 Å². The second-order valence-corrected chi connectivity index (χ2v) is 9.69. The van der Waals surface area contributed by atoms with Crippen LogP contribution in [-0.2, 0) is 17.8 Å². The summed E-state index contributed by atoms with van der Waals surface area (Å²) in [6.07, 6.45) is 6.56. The highest BCUT2D eigenvalue weighted by Gasteiger charge is 2.51. The van der Waals surface area contributed by atoms with E-state index in [0.29, 0.717) is 12.5 Å². The summed E-state index contributed by atoms with van der Waals surface area (Å²) >= 11 is 0. The molecule has 2 aromatic rings. The topological polar surface area (TPSA) is 54.3 Å². The van der Waals surface area contributed by atoms with Gasteiger partial charge in [0.15, 0.2) is 0 Å². The number of nitrogens with zero attached hydrogens (tertiary/aromatic N) is 5. The van der Waals surface area contributed by atoms with Crippen LogP contribution in [-0.4, -0.2) is 62.7 Å². The molecule has 1 aromatic heterocycles. The molecule has 6 heteroatoms. The number of aryl methyl sites for hydroxylation is 2. The van der Waals surface area contributed by atoms with Crippen molar-refractivity contribution >= 4 is 5.91 Å². The minimum absolute atomic E-state index is 0.117. The number of likely N-dealkylation sites (tertiary alicyclic amines) is 2. The number of rotatable bonds is 7. The zero-order valence-electron chi connectivity index (χ0n) is 19.3. The van der Waals surface area contributed by atoms with E-state index >= 15 is 0 Å². The van der Waals surface area contributed by atoms with E-state index in [-0.39, 0.29) is 17.2 Å². The fourth-order valence-corrected chi connectivity index (χ4v) is 5.51. The van der Waals surface area contributed by atoms with Gasteiger partial charge in [0.2, 0.25) is 5.91 Å². The summed E-state index contributed by atoms with van der Waals surface area (Å²) in [5.41, 5.74) is 1.35. The zero-order valence-corrected chi connectivity index (χ0v) is 19.3. The molecule has 2 aliphatic rings. The summed E-state index contributed by atoms with van der Waals surface area (Å²) in [4.78, 5) is 17.9. The van der Waals surface area contributed by atoms with E-state index in [1.807, 2.05) is 24.5 Å². The summed E-state index contributed by atoms with van der Waals surface area (Å²) in [6.45, 7) is 11.5. The molecule has 2 aliphatic heterocycles. The Kier molecular flexibility index (Phi) is 6.75. The molecule has 31 heavy (non-hydrogen) atoms. The molecule has 0 bridgehead atoms. The maximum Gasteiger partial charge on any atom is 0.222 e. The summed E-state index contributed by atoms with van der Waals surface area (Å²) in [7, 11) is 0. The van der Waals surface area contributed by atoms with Crippen LogP contribution in [0.5, 0.6) is 0 Å². The van der Waals surface area contributed by atoms with E-state index in [4.69, 9.17) is 0 Å². The van der Waals surface area contributed by atoms with E-state index in [1.165, 1.54) is 5.56 Å². The van der Waals surface area contributed by atoms with Crippen LogP contribution in [0.1, 0.15) is 63.8 Å². The Morgan fingerprint density at radius 1 is 1.19 bits per heavy atom. The maximum atomic E-state index is 13.2. The molecular formula is C25H37N5O. The molecule has 2 saturated heterocycles. The summed E-state index contributed by atoms with van der Waals surface area (Å²) < 4.78 is 2.22. The first kappa shape index (κ1) is 22.0. The van der Waals surface area contributed by atoms with Crippen LogP contribution in [0.2, 0.25) is 0 Å². The van der Waals surface area contributed by atoms with Crippen molar-refractivity contribution in [1.29, 1.82) is 0 Å². The first-order valence-corrected chi connectivity index (χ1v) is 12.0. The molecule has 0 N–H and O–H groups in total. The smallest absolute Gasteiger partial charge is 0.222 e. The number of benzene rings is 1. The lowest BCUT2D eigenvalue weighted by Crippen LogP contribution is -2.46. The van der Waals surface area contributed by atoms with Gasteiger partial charge in [-0.1, -0.05) is 37.3 Å². The minimum Gasteiger partial charge on any atom is -0.341 e. The average Bonchev–Trinajstić information content (AvgIpc) is 3.38. The predicted octanol–water partition coefficient (Wildman–Crippen LogP) is 3.74. The monoisotopic (exact) mass is 423 g/mol. The number of carbonyl (C=O) groups excluding carboxylic acids is 1. The van der Waals surface area contributed by atoms with Crippen molar-refractivity contribution in [3.05, 3.63) is 48.0 Å². The molecule has 168 valence electrons. The van der Waals surface area contributed by atoms with Gasteiger partial charge in [-0.05, 0) is 58.2 Å². The van der Waals surface area contributed by atoms with Crippen molar-refractivity contribution in [2.24, 2.45) is 5.41 Å². The molecule has 0 saturated carbocycles. The Labute approximate surface area is 186 Å². The molecule has 6 nitrogen and oxygen atoms in total. The fourth-order valence-electron chi connectivity index (χ4n) is 5.51. The largest absolute Gasteiger partial charge is 0.341 e. The number of piperidine rings is 1. The molecule has 1 amide bonds. The Morgan fingerprint density at radius 3 is 2.61 bits per heavy atom. The van der Waals surface area contributed by atoms with Crippen molar-refractivity contribution < 1.29 is 4.79 Å². The van der Waals surface area contributed by atoms with Crippen molar-refractivity contribution in [2.75, 3.05) is 26.2 Å². The van der Waals surface area contributed by atoms with E-state index in [1.54, 1.807) is 0 Å². The van der Waals surface area contributed by atoms with Crippen molar-refractivity contribution in [3.8, 4) is 0 Å². The highest BCUT2D eigenvalue weighted by molar-refractivity contribution is 5.77. The van der Waals surface area contributed by atoms with Gasteiger partial charge in [-0.3, -0.25) is 4.79 Å². The maximum absolute atomic E-state index is 13.2. The molecule has 4 rings (SSSR count). The van der Waals surface area contributed by atoms with Crippen molar-refractivity contribution in [1.82, 2.24) is 24.6 Å². The van der Waals surface area contributed by atoms with Gasteiger partial charge in [-0.2, -0.15) is 0 Å². The van der Waals surface area contributed by atoms with E-state index in [2.05, 4.69) is 57.5 Å². The molecule has 1 aromatic carbocycles. The summed E-state index contributed by atoms with van der Waals surface area (Å²) in [5.74, 6) is 1.63. The SMILES string of the molecule is CCCn1cnnc1C1CN(C(=O)CCc2ccccc2)CC12CCN(C(C)C)CC2. The number of aromatic nitrogens is 3. The van der Waals surface area contributed by atoms with Gasteiger partial charge in [0.05, 0.1) is 0 Å². The standard InChI is InChI=1S/C25H37N5O/c1-4-14-29-19-26-27-24(29)22-17-30(23(31)11-10-21-8-6-5-7-9-21)18-25(22)12-15-28(16-13-25)20(2)3/h5-9,19-20,22H,4,10-18H2,1-3H3. The Morgan fingerprint density at radius 2 is 1.94 bits per heavy atom. The Balaban J connectivity index is 1.52. The lowest BCUT2D eigenvalue weighted by atomic mass is 9.70. The minimum atomic E-state index is 0.117. The van der Waals surface area contributed by atoms with Crippen LogP contribution in [0, 0.1) is 5.41 Å². The number of hydrogen-bond acceptors (Lipinski definition) is 4. The lowest BCUT2D eigenvalue weighted by molar-refractivity contribution is -0.130. The van der Waals surface area contributed by atoms with Crippen molar-refractivity contribution in [2.45, 2.75) is 71.4 Å². The number of carbonyl (C=O) groups is 1. The number of hydrogen-bond donors (Lipinski definition) is 0. The van der Waals surface area contributed by atoms with Crippen molar-refractivity contribution in [3.63, 3.8) is 0 Å². The summed E-state index contributed by atoms with van der Waals surface area (Å²) in [5, 5.41) is 8.82.